The lowest BCUT2D eigenvalue weighted by Gasteiger charge is -2.27. The van der Waals surface area contributed by atoms with Crippen LogP contribution in [0.15, 0.2) is 53.6 Å². The Morgan fingerprint density at radius 3 is 2.03 bits per heavy atom. The molecule has 2 aromatic rings. The van der Waals surface area contributed by atoms with Gasteiger partial charge in [0, 0.05) is 12.1 Å². The highest BCUT2D eigenvalue weighted by Gasteiger charge is 2.73. The molecule has 0 aromatic heterocycles. The van der Waals surface area contributed by atoms with Crippen molar-refractivity contribution in [3.63, 3.8) is 0 Å². The summed E-state index contributed by atoms with van der Waals surface area (Å²) in [6.07, 6.45) is -5.83. The third kappa shape index (κ3) is 5.36. The molecular weight excluding hydrogens is 427 g/mol. The van der Waals surface area contributed by atoms with E-state index < -0.39 is 23.1 Å². The minimum Gasteiger partial charge on any atom is -0.489 e. The van der Waals surface area contributed by atoms with Gasteiger partial charge in [-0.15, -0.1) is 0 Å². The van der Waals surface area contributed by atoms with Crippen molar-refractivity contribution >= 4 is 11.9 Å². The van der Waals surface area contributed by atoms with E-state index in [-0.39, 0.29) is 17.9 Å². The van der Waals surface area contributed by atoms with Crippen LogP contribution in [0, 0.1) is 10.1 Å². The second-order valence-corrected chi connectivity index (χ2v) is 5.80. The summed E-state index contributed by atoms with van der Waals surface area (Å²) in [5.74, 6) is -6.00. The number of nitrogens with zero attached hydrogens (tertiary/aromatic N) is 2. The van der Waals surface area contributed by atoms with Crippen molar-refractivity contribution in [3.05, 3.63) is 69.8 Å². The number of hydrogen-bond donors (Lipinski definition) is 1. The molecule has 0 saturated carbocycles. The Bertz CT molecular complexity index is 898. The molecule has 0 aliphatic carbocycles. The number of nitro benzene ring substituents is 1. The zero-order chi connectivity index (χ0) is 22.6. The Hall–Kier alpha value is -3.38. The van der Waals surface area contributed by atoms with Gasteiger partial charge < -0.3 is 4.74 Å². The highest BCUT2D eigenvalue weighted by Crippen LogP contribution is 2.44. The second kappa shape index (κ2) is 8.55. The molecule has 0 atom stereocenters. The molecule has 0 aliphatic heterocycles. The zero-order valence-corrected chi connectivity index (χ0v) is 14.7. The van der Waals surface area contributed by atoms with E-state index in [0.717, 1.165) is 0 Å². The van der Waals surface area contributed by atoms with Crippen LogP contribution >= 0.6 is 0 Å². The normalized spacial score (nSPS) is 12.8. The molecular formula is C17H12F7N3O3. The smallest absolute Gasteiger partial charge is 0.462 e. The number of nitro groups is 1. The van der Waals surface area contributed by atoms with Gasteiger partial charge in [-0.25, -0.2) is 5.43 Å². The number of nitrogens with one attached hydrogen (secondary N) is 1. The summed E-state index contributed by atoms with van der Waals surface area (Å²) in [6.45, 7) is 0.0612. The van der Waals surface area contributed by atoms with Crippen LogP contribution in [0.5, 0.6) is 5.75 Å². The number of ether oxygens (including phenoxy) is 1. The van der Waals surface area contributed by atoms with Crippen LogP contribution in [0.25, 0.3) is 0 Å². The van der Waals surface area contributed by atoms with Crippen LogP contribution in [-0.2, 0) is 6.61 Å². The summed E-state index contributed by atoms with van der Waals surface area (Å²) >= 11 is 0. The average molecular weight is 439 g/mol. The molecule has 0 unspecified atom stereocenters. The van der Waals surface area contributed by atoms with Crippen LogP contribution in [0.3, 0.4) is 0 Å². The summed E-state index contributed by atoms with van der Waals surface area (Å²) in [5.41, 5.74) is 1.16. The molecule has 2 aromatic carbocycles. The van der Waals surface area contributed by atoms with Gasteiger partial charge in [0.1, 0.15) is 12.4 Å². The summed E-state index contributed by atoms with van der Waals surface area (Å²) in [5, 5.41) is 13.3. The van der Waals surface area contributed by atoms with Crippen molar-refractivity contribution in [1.82, 2.24) is 5.43 Å². The first-order chi connectivity index (χ1) is 13.8. The number of hydrogen-bond acceptors (Lipinski definition) is 5. The third-order valence-corrected chi connectivity index (χ3v) is 3.60. The van der Waals surface area contributed by atoms with Gasteiger partial charge in [0.25, 0.3) is 5.69 Å². The lowest BCUT2D eigenvalue weighted by molar-refractivity contribution is -0.384. The van der Waals surface area contributed by atoms with Crippen LogP contribution in [0.1, 0.15) is 11.1 Å². The van der Waals surface area contributed by atoms with Crippen molar-refractivity contribution in [2.75, 3.05) is 0 Å². The molecule has 0 amide bonds. The molecule has 0 saturated heterocycles. The second-order valence-electron chi connectivity index (χ2n) is 5.80. The molecule has 2 rings (SSSR count). The number of benzene rings is 2. The lowest BCUT2D eigenvalue weighted by Crippen LogP contribution is -2.58. The first kappa shape index (κ1) is 22.9. The first-order valence-electron chi connectivity index (χ1n) is 7.92. The molecule has 0 spiro atoms. The highest BCUT2D eigenvalue weighted by atomic mass is 19.4. The minimum atomic E-state index is -6.46. The summed E-state index contributed by atoms with van der Waals surface area (Å²) in [6, 6.07) is 5.24. The SMILES string of the molecule is O=[N+]([O-])c1ccc(COc2ccc(/C=N/NC(F)(F)C(F)(F)C(F)(F)F)cc2)cc1. The lowest BCUT2D eigenvalue weighted by atomic mass is 10.2. The van der Waals surface area contributed by atoms with E-state index in [9.17, 15) is 40.8 Å². The Morgan fingerprint density at radius 1 is 0.967 bits per heavy atom. The fourth-order valence-corrected chi connectivity index (χ4v) is 1.97. The first-order valence-corrected chi connectivity index (χ1v) is 7.92. The molecule has 1 N–H and O–H groups in total. The Morgan fingerprint density at radius 2 is 1.53 bits per heavy atom. The largest absolute Gasteiger partial charge is 0.489 e. The van der Waals surface area contributed by atoms with Crippen molar-refractivity contribution < 1.29 is 40.4 Å². The summed E-state index contributed by atoms with van der Waals surface area (Å²) < 4.78 is 92.9. The summed E-state index contributed by atoms with van der Waals surface area (Å²) in [4.78, 5) is 10.0. The van der Waals surface area contributed by atoms with Gasteiger partial charge in [-0.05, 0) is 47.5 Å². The van der Waals surface area contributed by atoms with E-state index in [2.05, 4.69) is 5.10 Å². The van der Waals surface area contributed by atoms with Gasteiger partial charge in [-0.2, -0.15) is 35.8 Å². The van der Waals surface area contributed by atoms with E-state index >= 15 is 0 Å². The number of halogens is 7. The minimum absolute atomic E-state index is 0.0612. The van der Waals surface area contributed by atoms with Gasteiger partial charge in [-0.3, -0.25) is 10.1 Å². The quantitative estimate of drug-likeness (QED) is 0.209. The number of non-ortho nitro benzene ring substituents is 1. The van der Waals surface area contributed by atoms with Gasteiger partial charge in [-0.1, -0.05) is 0 Å². The van der Waals surface area contributed by atoms with Crippen LogP contribution in [0.4, 0.5) is 36.4 Å². The zero-order valence-electron chi connectivity index (χ0n) is 14.7. The van der Waals surface area contributed by atoms with Gasteiger partial charge in [0.05, 0.1) is 11.1 Å². The van der Waals surface area contributed by atoms with E-state index in [1.165, 1.54) is 48.5 Å². The third-order valence-electron chi connectivity index (χ3n) is 3.60. The standard InChI is InChI=1S/C17H12F7N3O3/c18-15(19,16(20,21)22)17(23,24)26-25-9-11-3-7-14(8-4-11)30-10-12-1-5-13(6-2-12)27(28)29/h1-9,26H,10H2/b25-9+. The van der Waals surface area contributed by atoms with Gasteiger partial charge in [0.15, 0.2) is 0 Å². The summed E-state index contributed by atoms with van der Waals surface area (Å²) in [7, 11) is 0. The average Bonchev–Trinajstić information content (AvgIpc) is 2.66. The fourth-order valence-electron chi connectivity index (χ4n) is 1.97. The number of hydrazone groups is 1. The van der Waals surface area contributed by atoms with E-state index in [0.29, 0.717) is 23.0 Å². The fraction of sp³-hybridized carbons (Fsp3) is 0.235. The van der Waals surface area contributed by atoms with E-state index in [4.69, 9.17) is 4.74 Å². The van der Waals surface area contributed by atoms with E-state index in [1.807, 2.05) is 0 Å². The molecule has 0 radical (unpaired) electrons. The molecule has 0 aliphatic rings. The maximum absolute atomic E-state index is 13.0. The molecule has 162 valence electrons. The molecule has 6 nitrogen and oxygen atoms in total. The van der Waals surface area contributed by atoms with Crippen molar-refractivity contribution in [2.45, 2.75) is 24.8 Å². The number of rotatable bonds is 8. The predicted octanol–water partition coefficient (Wildman–Crippen LogP) is 4.89. The van der Waals surface area contributed by atoms with E-state index in [1.54, 1.807) is 0 Å². The van der Waals surface area contributed by atoms with Crippen LogP contribution < -0.4 is 10.2 Å². The Kier molecular flexibility index (Phi) is 6.53. The molecule has 0 heterocycles. The van der Waals surface area contributed by atoms with Crippen molar-refractivity contribution in [3.8, 4) is 5.75 Å². The van der Waals surface area contributed by atoms with Gasteiger partial charge >= 0.3 is 18.1 Å². The molecule has 13 heteroatoms. The number of alkyl halides is 7. The van der Waals surface area contributed by atoms with Crippen LogP contribution in [-0.4, -0.2) is 29.3 Å². The predicted molar refractivity (Wildman–Crippen MR) is 90.5 cm³/mol. The maximum Gasteiger partial charge on any atom is 0.462 e. The molecule has 0 fully saturated rings. The maximum atomic E-state index is 13.0. The van der Waals surface area contributed by atoms with Crippen LogP contribution in [0.2, 0.25) is 0 Å². The van der Waals surface area contributed by atoms with Crippen molar-refractivity contribution in [1.29, 1.82) is 0 Å². The van der Waals surface area contributed by atoms with Crippen molar-refractivity contribution in [2.24, 2.45) is 5.10 Å². The molecule has 0 bridgehead atoms. The molecule has 30 heavy (non-hydrogen) atoms. The Labute approximate surface area is 164 Å². The monoisotopic (exact) mass is 439 g/mol. The van der Waals surface area contributed by atoms with Gasteiger partial charge in [0.2, 0.25) is 0 Å². The highest BCUT2D eigenvalue weighted by molar-refractivity contribution is 5.79. The topological polar surface area (TPSA) is 76.8 Å². The Balaban J connectivity index is 1.93.